The molecule has 23 heavy (non-hydrogen) atoms. The molecule has 6 nitrogen and oxygen atoms in total. The predicted molar refractivity (Wildman–Crippen MR) is 88.1 cm³/mol. The van der Waals surface area contributed by atoms with Crippen LogP contribution >= 0.6 is 0 Å². The molecule has 1 unspecified atom stereocenters. The molecule has 1 aliphatic rings. The molecule has 126 valence electrons. The van der Waals surface area contributed by atoms with Crippen LogP contribution in [-0.2, 0) is 16.1 Å². The number of morpholine rings is 1. The van der Waals surface area contributed by atoms with Crippen LogP contribution in [0, 0.1) is 0 Å². The van der Waals surface area contributed by atoms with Gasteiger partial charge in [-0.15, -0.1) is 0 Å². The first-order valence-electron chi connectivity index (χ1n) is 8.16. The number of carbonyl (C=O) groups excluding carboxylic acids is 2. The van der Waals surface area contributed by atoms with Gasteiger partial charge in [-0.2, -0.15) is 0 Å². The van der Waals surface area contributed by atoms with Crippen molar-refractivity contribution in [3.63, 3.8) is 0 Å². The number of nitrogens with one attached hydrogen (secondary N) is 3. The first-order chi connectivity index (χ1) is 11.2. The normalized spacial score (nSPS) is 17.5. The van der Waals surface area contributed by atoms with Gasteiger partial charge in [-0.3, -0.25) is 9.59 Å². The SMILES string of the molecule is CCCCNC(=O)c1ccc(CNC(=O)C2COCCN2)cc1. The Hall–Kier alpha value is -1.92. The van der Waals surface area contributed by atoms with Crippen molar-refractivity contribution in [2.24, 2.45) is 0 Å². The van der Waals surface area contributed by atoms with Crippen molar-refractivity contribution < 1.29 is 14.3 Å². The van der Waals surface area contributed by atoms with Crippen molar-refractivity contribution in [3.8, 4) is 0 Å². The van der Waals surface area contributed by atoms with E-state index in [1.54, 1.807) is 12.1 Å². The highest BCUT2D eigenvalue weighted by atomic mass is 16.5. The van der Waals surface area contributed by atoms with E-state index in [4.69, 9.17) is 4.74 Å². The van der Waals surface area contributed by atoms with E-state index in [0.29, 0.717) is 38.4 Å². The quantitative estimate of drug-likeness (QED) is 0.650. The minimum absolute atomic E-state index is 0.0578. The number of carbonyl (C=O) groups is 2. The summed E-state index contributed by atoms with van der Waals surface area (Å²) in [5.41, 5.74) is 1.60. The average Bonchev–Trinajstić information content (AvgIpc) is 2.61. The van der Waals surface area contributed by atoms with Gasteiger partial charge in [0.2, 0.25) is 5.91 Å². The molecule has 0 aromatic heterocycles. The van der Waals surface area contributed by atoms with Crippen LogP contribution in [0.15, 0.2) is 24.3 Å². The van der Waals surface area contributed by atoms with Crippen LogP contribution in [0.2, 0.25) is 0 Å². The third-order valence-electron chi connectivity index (χ3n) is 3.74. The van der Waals surface area contributed by atoms with Crippen molar-refractivity contribution in [3.05, 3.63) is 35.4 Å². The molecule has 1 fully saturated rings. The third kappa shape index (κ3) is 5.65. The molecule has 1 heterocycles. The standard InChI is InChI=1S/C17H25N3O3/c1-2-3-8-19-16(21)14-6-4-13(5-7-14)11-20-17(22)15-12-23-10-9-18-15/h4-7,15,18H,2-3,8-12H2,1H3,(H,19,21)(H,20,22). The fraction of sp³-hybridized carbons (Fsp3) is 0.529. The Balaban J connectivity index is 1.78. The molecule has 2 rings (SSSR count). The van der Waals surface area contributed by atoms with Crippen LogP contribution in [0.5, 0.6) is 0 Å². The largest absolute Gasteiger partial charge is 0.378 e. The molecule has 0 spiro atoms. The van der Waals surface area contributed by atoms with E-state index in [1.807, 2.05) is 12.1 Å². The van der Waals surface area contributed by atoms with E-state index in [1.165, 1.54) is 0 Å². The summed E-state index contributed by atoms with van der Waals surface area (Å²) in [6.45, 7) is 4.97. The summed E-state index contributed by atoms with van der Waals surface area (Å²) in [6.07, 6.45) is 2.04. The number of ether oxygens (including phenoxy) is 1. The highest BCUT2D eigenvalue weighted by molar-refractivity contribution is 5.94. The number of amides is 2. The molecule has 3 N–H and O–H groups in total. The van der Waals surface area contributed by atoms with Crippen LogP contribution < -0.4 is 16.0 Å². The molecule has 1 saturated heterocycles. The molecule has 0 aliphatic carbocycles. The molecule has 0 bridgehead atoms. The lowest BCUT2D eigenvalue weighted by molar-refractivity contribution is -0.126. The monoisotopic (exact) mass is 319 g/mol. The maximum atomic E-state index is 12.0. The number of hydrogen-bond acceptors (Lipinski definition) is 4. The molecule has 1 aromatic carbocycles. The lowest BCUT2D eigenvalue weighted by Gasteiger charge is -2.22. The van der Waals surface area contributed by atoms with Crippen LogP contribution in [-0.4, -0.2) is 44.2 Å². The summed E-state index contributed by atoms with van der Waals surface area (Å²) in [5.74, 6) is -0.122. The van der Waals surface area contributed by atoms with Gasteiger partial charge in [0, 0.05) is 25.2 Å². The third-order valence-corrected chi connectivity index (χ3v) is 3.74. The summed E-state index contributed by atoms with van der Waals surface area (Å²) >= 11 is 0. The zero-order chi connectivity index (χ0) is 16.5. The van der Waals surface area contributed by atoms with Gasteiger partial charge >= 0.3 is 0 Å². The van der Waals surface area contributed by atoms with Crippen molar-refractivity contribution in [2.75, 3.05) is 26.3 Å². The van der Waals surface area contributed by atoms with E-state index >= 15 is 0 Å². The van der Waals surface area contributed by atoms with E-state index < -0.39 is 0 Å². The van der Waals surface area contributed by atoms with Gasteiger partial charge in [0.15, 0.2) is 0 Å². The van der Waals surface area contributed by atoms with E-state index in [0.717, 1.165) is 18.4 Å². The number of hydrogen-bond donors (Lipinski definition) is 3. The minimum atomic E-state index is -0.285. The second-order valence-corrected chi connectivity index (χ2v) is 5.61. The molecule has 2 amide bonds. The predicted octanol–water partition coefficient (Wildman–Crippen LogP) is 0.821. The Morgan fingerprint density at radius 3 is 2.70 bits per heavy atom. The Kier molecular flexibility index (Phi) is 7.03. The van der Waals surface area contributed by atoms with Crippen molar-refractivity contribution >= 4 is 11.8 Å². The van der Waals surface area contributed by atoms with E-state index in [2.05, 4.69) is 22.9 Å². The van der Waals surface area contributed by atoms with Crippen LogP contribution in [0.25, 0.3) is 0 Å². The smallest absolute Gasteiger partial charge is 0.251 e. The Morgan fingerprint density at radius 2 is 2.04 bits per heavy atom. The zero-order valence-electron chi connectivity index (χ0n) is 13.6. The summed E-state index contributed by atoms with van der Waals surface area (Å²) in [4.78, 5) is 23.9. The Labute approximate surface area is 137 Å². The second kappa shape index (κ2) is 9.27. The highest BCUT2D eigenvalue weighted by Gasteiger charge is 2.20. The van der Waals surface area contributed by atoms with Gasteiger partial charge in [-0.1, -0.05) is 25.5 Å². The first-order valence-corrected chi connectivity index (χ1v) is 8.16. The van der Waals surface area contributed by atoms with Crippen LogP contribution in [0.3, 0.4) is 0 Å². The van der Waals surface area contributed by atoms with Gasteiger partial charge in [-0.05, 0) is 24.1 Å². The highest BCUT2D eigenvalue weighted by Crippen LogP contribution is 2.05. The molecule has 0 saturated carbocycles. The lowest BCUT2D eigenvalue weighted by Crippen LogP contribution is -2.51. The van der Waals surface area contributed by atoms with Crippen LogP contribution in [0.1, 0.15) is 35.7 Å². The van der Waals surface area contributed by atoms with Crippen LogP contribution in [0.4, 0.5) is 0 Å². The fourth-order valence-electron chi connectivity index (χ4n) is 2.30. The average molecular weight is 319 g/mol. The molecule has 1 aromatic rings. The molecular weight excluding hydrogens is 294 g/mol. The van der Waals surface area contributed by atoms with Gasteiger partial charge < -0.3 is 20.7 Å². The second-order valence-electron chi connectivity index (χ2n) is 5.61. The summed E-state index contributed by atoms with van der Waals surface area (Å²) in [6, 6.07) is 7.00. The van der Waals surface area contributed by atoms with Crippen molar-refractivity contribution in [1.82, 2.24) is 16.0 Å². The van der Waals surface area contributed by atoms with E-state index in [-0.39, 0.29) is 17.9 Å². The van der Waals surface area contributed by atoms with E-state index in [9.17, 15) is 9.59 Å². The number of benzene rings is 1. The molecular formula is C17H25N3O3. The maximum absolute atomic E-state index is 12.0. The molecule has 0 radical (unpaired) electrons. The Morgan fingerprint density at radius 1 is 1.26 bits per heavy atom. The molecule has 1 aliphatic heterocycles. The number of rotatable bonds is 7. The van der Waals surface area contributed by atoms with Gasteiger partial charge in [0.1, 0.15) is 6.04 Å². The van der Waals surface area contributed by atoms with Gasteiger partial charge in [0.05, 0.1) is 13.2 Å². The van der Waals surface area contributed by atoms with Gasteiger partial charge in [0.25, 0.3) is 5.91 Å². The molecule has 1 atom stereocenters. The topological polar surface area (TPSA) is 79.5 Å². The lowest BCUT2D eigenvalue weighted by atomic mass is 10.1. The summed E-state index contributed by atoms with van der Waals surface area (Å²) in [5, 5.41) is 8.87. The van der Waals surface area contributed by atoms with Crippen molar-refractivity contribution in [1.29, 1.82) is 0 Å². The summed E-state index contributed by atoms with van der Waals surface area (Å²) < 4.78 is 5.27. The zero-order valence-corrected chi connectivity index (χ0v) is 13.6. The first kappa shape index (κ1) is 17.4. The fourth-order valence-corrected chi connectivity index (χ4v) is 2.30. The molecule has 6 heteroatoms. The summed E-state index contributed by atoms with van der Waals surface area (Å²) in [7, 11) is 0. The Bertz CT molecular complexity index is 510. The van der Waals surface area contributed by atoms with Crippen molar-refractivity contribution in [2.45, 2.75) is 32.4 Å². The number of unbranched alkanes of at least 4 members (excludes halogenated alkanes) is 1. The minimum Gasteiger partial charge on any atom is -0.378 e. The maximum Gasteiger partial charge on any atom is 0.251 e. The van der Waals surface area contributed by atoms with Gasteiger partial charge in [-0.25, -0.2) is 0 Å².